The maximum atomic E-state index is 8.90. The van der Waals surface area contributed by atoms with Gasteiger partial charge >= 0.3 is 0 Å². The number of allylic oxidation sites excluding steroid dienone is 1. The predicted octanol–water partition coefficient (Wildman–Crippen LogP) is 3.68. The van der Waals surface area contributed by atoms with E-state index < -0.39 is 0 Å². The molecule has 1 aromatic heterocycles. The minimum atomic E-state index is 0.133. The van der Waals surface area contributed by atoms with Gasteiger partial charge < -0.3 is 5.11 Å². The van der Waals surface area contributed by atoms with Gasteiger partial charge in [0.25, 0.3) is 0 Å². The number of hydrogen-bond acceptors (Lipinski definition) is 2. The van der Waals surface area contributed by atoms with Crippen LogP contribution in [0.5, 0.6) is 0 Å². The van der Waals surface area contributed by atoms with E-state index in [-0.39, 0.29) is 6.61 Å². The van der Waals surface area contributed by atoms with Gasteiger partial charge in [0, 0.05) is 17.8 Å². The average Bonchev–Trinajstić information content (AvgIpc) is 2.36. The summed E-state index contributed by atoms with van der Waals surface area (Å²) in [6, 6.07) is 6.11. The fourth-order valence-electron chi connectivity index (χ4n) is 2.05. The standard InChI is InChI=1S/C15H23NO/c1-3-4-7-14(12-13(2)9-11-17)15-8-5-6-10-16-15/h5-6,8-10,14,17H,3-4,7,11-12H2,1-2H3. The van der Waals surface area contributed by atoms with Crippen molar-refractivity contribution in [3.8, 4) is 0 Å². The first-order chi connectivity index (χ1) is 8.27. The van der Waals surface area contributed by atoms with Crippen LogP contribution in [-0.2, 0) is 0 Å². The van der Waals surface area contributed by atoms with Crippen molar-refractivity contribution >= 4 is 0 Å². The van der Waals surface area contributed by atoms with Crippen LogP contribution >= 0.6 is 0 Å². The Morgan fingerprint density at radius 3 is 2.88 bits per heavy atom. The second-order valence-electron chi connectivity index (χ2n) is 4.53. The van der Waals surface area contributed by atoms with E-state index in [0.29, 0.717) is 5.92 Å². The summed E-state index contributed by atoms with van der Waals surface area (Å²) in [6.45, 7) is 4.43. The molecule has 1 heterocycles. The van der Waals surface area contributed by atoms with Crippen LogP contribution in [0.4, 0.5) is 0 Å². The normalized spacial score (nSPS) is 13.7. The van der Waals surface area contributed by atoms with Crippen LogP contribution in [0.1, 0.15) is 51.1 Å². The number of unbranched alkanes of at least 4 members (excludes halogenated alkanes) is 1. The second-order valence-corrected chi connectivity index (χ2v) is 4.53. The van der Waals surface area contributed by atoms with Gasteiger partial charge in [0.05, 0.1) is 6.61 Å². The molecule has 0 aliphatic heterocycles. The number of nitrogens with zero attached hydrogens (tertiary/aromatic N) is 1. The Hall–Kier alpha value is -1.15. The lowest BCUT2D eigenvalue weighted by Crippen LogP contribution is -2.02. The summed E-state index contributed by atoms with van der Waals surface area (Å²) in [4.78, 5) is 4.46. The highest BCUT2D eigenvalue weighted by atomic mass is 16.2. The molecular weight excluding hydrogens is 210 g/mol. The van der Waals surface area contributed by atoms with Crippen LogP contribution in [0.15, 0.2) is 36.0 Å². The molecule has 1 N–H and O–H groups in total. The highest BCUT2D eigenvalue weighted by Gasteiger charge is 2.12. The molecule has 17 heavy (non-hydrogen) atoms. The zero-order chi connectivity index (χ0) is 12.5. The number of aliphatic hydroxyl groups excluding tert-OH is 1. The Bertz CT molecular complexity index is 332. The molecule has 0 saturated carbocycles. The van der Waals surface area contributed by atoms with E-state index in [1.807, 2.05) is 24.4 Å². The van der Waals surface area contributed by atoms with Gasteiger partial charge in [0.2, 0.25) is 0 Å². The van der Waals surface area contributed by atoms with E-state index in [1.54, 1.807) is 0 Å². The molecule has 0 aliphatic carbocycles. The van der Waals surface area contributed by atoms with Gasteiger partial charge in [-0.25, -0.2) is 0 Å². The maximum absolute atomic E-state index is 8.90. The fourth-order valence-corrected chi connectivity index (χ4v) is 2.05. The first-order valence-corrected chi connectivity index (χ1v) is 6.45. The van der Waals surface area contributed by atoms with Crippen molar-refractivity contribution in [2.75, 3.05) is 6.61 Å². The van der Waals surface area contributed by atoms with Gasteiger partial charge in [-0.3, -0.25) is 4.98 Å². The molecule has 1 rings (SSSR count). The van der Waals surface area contributed by atoms with Crippen molar-refractivity contribution in [1.82, 2.24) is 4.98 Å². The molecule has 0 saturated heterocycles. The predicted molar refractivity (Wildman–Crippen MR) is 72.0 cm³/mol. The smallest absolute Gasteiger partial charge is 0.0614 e. The lowest BCUT2D eigenvalue weighted by molar-refractivity contribution is 0.341. The van der Waals surface area contributed by atoms with Gasteiger partial charge in [-0.2, -0.15) is 0 Å². The van der Waals surface area contributed by atoms with Gasteiger partial charge in [-0.05, 0) is 31.9 Å². The molecule has 0 amide bonds. The molecule has 0 aliphatic rings. The Balaban J connectivity index is 2.70. The van der Waals surface area contributed by atoms with Crippen LogP contribution in [-0.4, -0.2) is 16.7 Å². The Morgan fingerprint density at radius 2 is 2.29 bits per heavy atom. The first-order valence-electron chi connectivity index (χ1n) is 6.45. The molecule has 94 valence electrons. The summed E-state index contributed by atoms with van der Waals surface area (Å²) in [5.41, 5.74) is 2.42. The molecule has 0 radical (unpaired) electrons. The fraction of sp³-hybridized carbons (Fsp3) is 0.533. The molecule has 2 nitrogen and oxygen atoms in total. The molecule has 2 heteroatoms. The first kappa shape index (κ1) is 13.9. The van der Waals surface area contributed by atoms with Crippen molar-refractivity contribution in [3.63, 3.8) is 0 Å². The van der Waals surface area contributed by atoms with Crippen molar-refractivity contribution in [1.29, 1.82) is 0 Å². The number of rotatable bonds is 7. The summed E-state index contributed by atoms with van der Waals surface area (Å²) >= 11 is 0. The SMILES string of the molecule is CCCCC(CC(C)=CCO)c1ccccn1. The largest absolute Gasteiger partial charge is 0.392 e. The average molecular weight is 233 g/mol. The summed E-state index contributed by atoms with van der Waals surface area (Å²) < 4.78 is 0. The van der Waals surface area contributed by atoms with E-state index in [1.165, 1.54) is 30.5 Å². The third kappa shape index (κ3) is 5.14. The zero-order valence-electron chi connectivity index (χ0n) is 10.9. The van der Waals surface area contributed by atoms with Gasteiger partial charge in [0.15, 0.2) is 0 Å². The van der Waals surface area contributed by atoms with Gasteiger partial charge in [-0.15, -0.1) is 0 Å². The summed E-state index contributed by atoms with van der Waals surface area (Å²) in [5.74, 6) is 0.485. The monoisotopic (exact) mass is 233 g/mol. The van der Waals surface area contributed by atoms with Gasteiger partial charge in [0.1, 0.15) is 0 Å². The third-order valence-corrected chi connectivity index (χ3v) is 3.02. The lowest BCUT2D eigenvalue weighted by Gasteiger charge is -2.16. The van der Waals surface area contributed by atoms with Crippen LogP contribution < -0.4 is 0 Å². The minimum Gasteiger partial charge on any atom is -0.392 e. The van der Waals surface area contributed by atoms with E-state index in [9.17, 15) is 0 Å². The summed E-state index contributed by atoms with van der Waals surface area (Å²) in [7, 11) is 0. The van der Waals surface area contributed by atoms with E-state index in [4.69, 9.17) is 5.11 Å². The highest BCUT2D eigenvalue weighted by Crippen LogP contribution is 2.27. The van der Waals surface area contributed by atoms with Crippen LogP contribution in [0.25, 0.3) is 0 Å². The molecule has 1 atom stereocenters. The molecule has 0 bridgehead atoms. The Morgan fingerprint density at radius 1 is 1.47 bits per heavy atom. The molecular formula is C15H23NO. The van der Waals surface area contributed by atoms with E-state index >= 15 is 0 Å². The van der Waals surface area contributed by atoms with Crippen LogP contribution in [0.2, 0.25) is 0 Å². The van der Waals surface area contributed by atoms with E-state index in [0.717, 1.165) is 6.42 Å². The molecule has 0 fully saturated rings. The number of aliphatic hydroxyl groups is 1. The Kier molecular flexibility index (Phi) is 6.56. The quantitative estimate of drug-likeness (QED) is 0.729. The van der Waals surface area contributed by atoms with Crippen molar-refractivity contribution in [2.24, 2.45) is 0 Å². The maximum Gasteiger partial charge on any atom is 0.0614 e. The zero-order valence-corrected chi connectivity index (χ0v) is 10.9. The third-order valence-electron chi connectivity index (χ3n) is 3.02. The number of aromatic nitrogens is 1. The molecule has 0 aromatic carbocycles. The van der Waals surface area contributed by atoms with Crippen LogP contribution in [0, 0.1) is 0 Å². The van der Waals surface area contributed by atoms with Gasteiger partial charge in [-0.1, -0.05) is 37.5 Å². The second kappa shape index (κ2) is 8.02. The van der Waals surface area contributed by atoms with Crippen molar-refractivity contribution < 1.29 is 5.11 Å². The molecule has 1 aromatic rings. The molecule has 0 spiro atoms. The van der Waals surface area contributed by atoms with E-state index in [2.05, 4.69) is 24.9 Å². The summed E-state index contributed by atoms with van der Waals surface area (Å²) in [6.07, 6.45) is 8.36. The highest BCUT2D eigenvalue weighted by molar-refractivity contribution is 5.13. The Labute approximate surface area is 104 Å². The molecule has 1 unspecified atom stereocenters. The topological polar surface area (TPSA) is 33.1 Å². The van der Waals surface area contributed by atoms with Crippen LogP contribution in [0.3, 0.4) is 0 Å². The number of pyridine rings is 1. The number of hydrogen-bond donors (Lipinski definition) is 1. The van der Waals surface area contributed by atoms with Crippen molar-refractivity contribution in [3.05, 3.63) is 41.7 Å². The van der Waals surface area contributed by atoms with Crippen molar-refractivity contribution in [2.45, 2.75) is 45.4 Å². The minimum absolute atomic E-state index is 0.133. The summed E-state index contributed by atoms with van der Waals surface area (Å²) in [5, 5.41) is 8.90. The lowest BCUT2D eigenvalue weighted by atomic mass is 9.91.